The van der Waals surface area contributed by atoms with Gasteiger partial charge in [-0.1, -0.05) is 11.6 Å². The van der Waals surface area contributed by atoms with Crippen molar-refractivity contribution in [2.75, 3.05) is 11.9 Å². The summed E-state index contributed by atoms with van der Waals surface area (Å²) in [7, 11) is 1.78. The van der Waals surface area contributed by atoms with Crippen molar-refractivity contribution < 1.29 is 4.79 Å². The molecule has 2 aliphatic rings. The molecule has 1 aromatic rings. The number of amidine groups is 1. The summed E-state index contributed by atoms with van der Waals surface area (Å²) in [6.07, 6.45) is 1.52. The molecule has 1 aromatic carbocycles. The number of halogens is 1. The van der Waals surface area contributed by atoms with E-state index in [4.69, 9.17) is 17.0 Å². The maximum atomic E-state index is 12.2. The first kappa shape index (κ1) is 10.6. The van der Waals surface area contributed by atoms with Crippen LogP contribution < -0.4 is 4.90 Å². The minimum absolute atomic E-state index is 0.0105. The number of amides is 1. The number of carbonyl (C=O) groups excluding carboxylic acids is 1. The fourth-order valence-electron chi connectivity index (χ4n) is 2.58. The predicted octanol–water partition coefficient (Wildman–Crippen LogP) is 2.33. The van der Waals surface area contributed by atoms with Gasteiger partial charge in [0, 0.05) is 18.5 Å². The fraction of sp³-hybridized carbons (Fsp3) is 0.333. The first-order valence-electron chi connectivity index (χ1n) is 5.53. The van der Waals surface area contributed by atoms with Crippen molar-refractivity contribution in [2.45, 2.75) is 19.0 Å². The molecule has 0 saturated carbocycles. The van der Waals surface area contributed by atoms with Gasteiger partial charge in [0.05, 0.1) is 11.3 Å². The Kier molecular flexibility index (Phi) is 2.16. The molecule has 1 saturated heterocycles. The normalized spacial score (nSPS) is 22.8. The number of nitrogens with zero attached hydrogens (tertiary/aromatic N) is 2. The van der Waals surface area contributed by atoms with E-state index in [-0.39, 0.29) is 12.1 Å². The van der Waals surface area contributed by atoms with Crippen LogP contribution in [0.2, 0.25) is 5.02 Å². The molecule has 4 nitrogen and oxygen atoms in total. The number of rotatable bonds is 0. The lowest BCUT2D eigenvalue weighted by Crippen LogP contribution is -2.51. The highest BCUT2D eigenvalue weighted by Crippen LogP contribution is 2.37. The van der Waals surface area contributed by atoms with Crippen LogP contribution in [0.15, 0.2) is 18.2 Å². The van der Waals surface area contributed by atoms with Crippen molar-refractivity contribution in [3.63, 3.8) is 0 Å². The lowest BCUT2D eigenvalue weighted by atomic mass is 10.1. The van der Waals surface area contributed by atoms with E-state index >= 15 is 0 Å². The van der Waals surface area contributed by atoms with Gasteiger partial charge in [-0.3, -0.25) is 10.2 Å². The Hall–Kier alpha value is -1.55. The molecule has 1 unspecified atom stereocenters. The van der Waals surface area contributed by atoms with Gasteiger partial charge < -0.3 is 9.80 Å². The average Bonchev–Trinajstić information content (AvgIpc) is 2.69. The third kappa shape index (κ3) is 1.37. The van der Waals surface area contributed by atoms with E-state index < -0.39 is 0 Å². The zero-order valence-electron chi connectivity index (χ0n) is 9.40. The van der Waals surface area contributed by atoms with Crippen molar-refractivity contribution in [2.24, 2.45) is 0 Å². The first-order valence-corrected chi connectivity index (χ1v) is 5.91. The molecular formula is C12H12ClN3O. The Labute approximate surface area is 104 Å². The van der Waals surface area contributed by atoms with Gasteiger partial charge in [0.25, 0.3) is 5.91 Å². The van der Waals surface area contributed by atoms with Crippen LogP contribution in [0.25, 0.3) is 0 Å². The monoisotopic (exact) mass is 249 g/mol. The summed E-state index contributed by atoms with van der Waals surface area (Å²) in [5.74, 6) is 0.552. The van der Waals surface area contributed by atoms with Crippen molar-refractivity contribution in [1.82, 2.24) is 4.90 Å². The Morgan fingerprint density at radius 3 is 3.00 bits per heavy atom. The van der Waals surface area contributed by atoms with E-state index in [9.17, 15) is 4.79 Å². The maximum Gasteiger partial charge on any atom is 0.257 e. The van der Waals surface area contributed by atoms with Crippen molar-refractivity contribution >= 4 is 29.0 Å². The number of benzene rings is 1. The highest BCUT2D eigenvalue weighted by molar-refractivity contribution is 6.31. The second-order valence-electron chi connectivity index (χ2n) is 4.41. The van der Waals surface area contributed by atoms with Gasteiger partial charge in [0.2, 0.25) is 0 Å². The van der Waals surface area contributed by atoms with E-state index in [1.165, 1.54) is 0 Å². The second kappa shape index (κ2) is 3.47. The van der Waals surface area contributed by atoms with Gasteiger partial charge in [-0.25, -0.2) is 0 Å². The van der Waals surface area contributed by atoms with Gasteiger partial charge in [0.15, 0.2) is 0 Å². The minimum Gasteiger partial charge on any atom is -0.321 e. The smallest absolute Gasteiger partial charge is 0.257 e. The van der Waals surface area contributed by atoms with Gasteiger partial charge >= 0.3 is 0 Å². The fourth-order valence-corrected chi connectivity index (χ4v) is 2.76. The second-order valence-corrected chi connectivity index (χ2v) is 4.85. The molecule has 1 atom stereocenters. The summed E-state index contributed by atoms with van der Waals surface area (Å²) in [6, 6.07) is 5.27. The van der Waals surface area contributed by atoms with Crippen LogP contribution in [-0.2, 0) is 0 Å². The molecular weight excluding hydrogens is 238 g/mol. The van der Waals surface area contributed by atoms with Gasteiger partial charge in [-0.05, 0) is 24.6 Å². The minimum atomic E-state index is -0.0153. The van der Waals surface area contributed by atoms with Crippen molar-refractivity contribution in [3.8, 4) is 0 Å². The highest BCUT2D eigenvalue weighted by Gasteiger charge is 2.40. The van der Waals surface area contributed by atoms with Crippen molar-refractivity contribution in [1.29, 1.82) is 5.41 Å². The molecule has 17 heavy (non-hydrogen) atoms. The lowest BCUT2D eigenvalue weighted by molar-refractivity contribution is 0.0724. The van der Waals surface area contributed by atoms with Crippen LogP contribution in [0.1, 0.15) is 23.2 Å². The molecule has 1 fully saturated rings. The van der Waals surface area contributed by atoms with E-state index in [0.29, 0.717) is 22.8 Å². The van der Waals surface area contributed by atoms with E-state index in [1.54, 1.807) is 24.1 Å². The summed E-state index contributed by atoms with van der Waals surface area (Å²) >= 11 is 5.93. The zero-order valence-corrected chi connectivity index (χ0v) is 10.2. The summed E-state index contributed by atoms with van der Waals surface area (Å²) < 4.78 is 0. The number of nitrogens with one attached hydrogen (secondary N) is 1. The number of hydrogen-bond donors (Lipinski definition) is 1. The van der Waals surface area contributed by atoms with Gasteiger partial charge in [-0.2, -0.15) is 0 Å². The molecule has 5 heteroatoms. The summed E-state index contributed by atoms with van der Waals surface area (Å²) in [5, 5.41) is 8.52. The molecule has 2 aliphatic heterocycles. The summed E-state index contributed by atoms with van der Waals surface area (Å²) in [6.45, 7) is 0. The first-order chi connectivity index (χ1) is 8.09. The third-order valence-electron chi connectivity index (χ3n) is 3.44. The molecule has 1 amide bonds. The van der Waals surface area contributed by atoms with E-state index in [0.717, 1.165) is 12.1 Å². The zero-order chi connectivity index (χ0) is 12.2. The van der Waals surface area contributed by atoms with Crippen LogP contribution in [-0.4, -0.2) is 29.9 Å². The Bertz CT molecular complexity index is 528. The summed E-state index contributed by atoms with van der Waals surface area (Å²) in [5.41, 5.74) is 1.40. The average molecular weight is 250 g/mol. The summed E-state index contributed by atoms with van der Waals surface area (Å²) in [4.78, 5) is 15.8. The highest BCUT2D eigenvalue weighted by atomic mass is 35.5. The topological polar surface area (TPSA) is 47.4 Å². The van der Waals surface area contributed by atoms with Crippen LogP contribution in [0, 0.1) is 5.41 Å². The SMILES string of the molecule is CN1C(=O)c2cc(Cl)ccc2N2C(=N)CCC12. The van der Waals surface area contributed by atoms with Gasteiger partial charge in [0.1, 0.15) is 12.0 Å². The van der Waals surface area contributed by atoms with Gasteiger partial charge in [-0.15, -0.1) is 0 Å². The van der Waals surface area contributed by atoms with E-state index in [2.05, 4.69) is 0 Å². The molecule has 0 aromatic heterocycles. The number of carbonyl (C=O) groups is 1. The molecule has 88 valence electrons. The number of anilines is 1. The molecule has 0 radical (unpaired) electrons. The molecule has 1 N–H and O–H groups in total. The predicted molar refractivity (Wildman–Crippen MR) is 66.8 cm³/mol. The Morgan fingerprint density at radius 2 is 2.24 bits per heavy atom. The molecule has 0 aliphatic carbocycles. The Morgan fingerprint density at radius 1 is 1.47 bits per heavy atom. The van der Waals surface area contributed by atoms with Crippen LogP contribution in [0.4, 0.5) is 5.69 Å². The lowest BCUT2D eigenvalue weighted by Gasteiger charge is -2.39. The Balaban J connectivity index is 2.21. The largest absolute Gasteiger partial charge is 0.321 e. The molecule has 3 rings (SSSR count). The van der Waals surface area contributed by atoms with E-state index in [1.807, 2.05) is 11.0 Å². The third-order valence-corrected chi connectivity index (χ3v) is 3.68. The maximum absolute atomic E-state index is 12.2. The molecule has 0 spiro atoms. The van der Waals surface area contributed by atoms with Crippen LogP contribution in [0.3, 0.4) is 0 Å². The van der Waals surface area contributed by atoms with Crippen molar-refractivity contribution in [3.05, 3.63) is 28.8 Å². The number of fused-ring (bicyclic) bond motifs is 3. The standard InChI is InChI=1S/C12H12ClN3O/c1-15-11-5-4-10(14)16(11)9-3-2-7(13)6-8(9)12(15)17/h2-3,6,11,14H,4-5H2,1H3. The van der Waals surface area contributed by atoms with Crippen LogP contribution >= 0.6 is 11.6 Å². The van der Waals surface area contributed by atoms with Crippen LogP contribution in [0.5, 0.6) is 0 Å². The molecule has 2 heterocycles. The quantitative estimate of drug-likeness (QED) is 0.767. The molecule has 0 bridgehead atoms. The number of hydrogen-bond acceptors (Lipinski definition) is 2.